The van der Waals surface area contributed by atoms with Crippen LogP contribution in [-0.4, -0.2) is 64.4 Å². The minimum atomic E-state index is -3.79. The van der Waals surface area contributed by atoms with Crippen LogP contribution in [0.5, 0.6) is 11.6 Å². The molecule has 1 spiro atoms. The molecular formula is C23H31N6O7P. The van der Waals surface area contributed by atoms with Crippen molar-refractivity contribution in [2.45, 2.75) is 50.7 Å². The van der Waals surface area contributed by atoms with E-state index in [1.165, 1.54) is 7.11 Å². The zero-order valence-electron chi connectivity index (χ0n) is 20.9. The number of nitrogens with two attached hydrogens (primary N) is 1. The summed E-state index contributed by atoms with van der Waals surface area (Å²) in [6.45, 7) is 4.35. The Morgan fingerprint density at radius 1 is 1.30 bits per heavy atom. The molecule has 0 radical (unpaired) electrons. The van der Waals surface area contributed by atoms with Crippen LogP contribution in [0.25, 0.3) is 11.2 Å². The van der Waals surface area contributed by atoms with Crippen LogP contribution in [0.3, 0.4) is 0 Å². The number of hydrogen-bond donors (Lipinski definition) is 2. The van der Waals surface area contributed by atoms with Gasteiger partial charge in [0.15, 0.2) is 17.4 Å². The summed E-state index contributed by atoms with van der Waals surface area (Å²) in [6, 6.07) is 8.81. The quantitative estimate of drug-likeness (QED) is 0.274. The second-order valence-electron chi connectivity index (χ2n) is 9.11. The molecule has 2 aliphatic rings. The smallest absolute Gasteiger partial charge is 0.460 e. The topological polar surface area (TPSA) is 154 Å². The van der Waals surface area contributed by atoms with Crippen molar-refractivity contribution in [2.24, 2.45) is 0 Å². The van der Waals surface area contributed by atoms with E-state index < -0.39 is 25.7 Å². The molecule has 2 aliphatic heterocycles. The molecule has 4 heterocycles. The van der Waals surface area contributed by atoms with Crippen molar-refractivity contribution in [3.8, 4) is 11.6 Å². The summed E-state index contributed by atoms with van der Waals surface area (Å²) in [4.78, 5) is 12.8. The lowest BCUT2D eigenvalue weighted by Crippen LogP contribution is -2.48. The van der Waals surface area contributed by atoms with E-state index in [1.54, 1.807) is 35.2 Å². The Kier molecular flexibility index (Phi) is 7.35. The summed E-state index contributed by atoms with van der Waals surface area (Å²) in [6.07, 6.45) is 1.84. The second-order valence-corrected chi connectivity index (χ2v) is 10.9. The number of benzene rings is 1. The Hall–Kier alpha value is -2.80. The molecule has 2 fully saturated rings. The average Bonchev–Trinajstić information content (AvgIpc) is 3.44. The largest absolute Gasteiger partial charge is 0.479 e. The molecule has 0 bridgehead atoms. The fourth-order valence-electron chi connectivity index (χ4n) is 4.39. The van der Waals surface area contributed by atoms with E-state index in [-0.39, 0.29) is 31.3 Å². The summed E-state index contributed by atoms with van der Waals surface area (Å²) in [5, 5.41) is 2.77. The predicted octanol–water partition coefficient (Wildman–Crippen LogP) is 3.04. The number of imidazole rings is 1. The zero-order chi connectivity index (χ0) is 26.0. The number of nitrogen functional groups attached to an aromatic ring is 1. The SMILES string of the molecule is COc1nc(N)nc2c1ncn2C1OC(COP(=O)(NCOC(C)C)Oc2ccccc2)C[C@]12CCO2. The summed E-state index contributed by atoms with van der Waals surface area (Å²) in [5.41, 5.74) is 6.22. The first-order valence-electron chi connectivity index (χ1n) is 12.0. The van der Waals surface area contributed by atoms with Crippen LogP contribution in [0.15, 0.2) is 36.7 Å². The standard InChI is InChI=1S/C23H31N6O7P/c1-15(2)32-14-26-37(30,36-16-7-5-4-6-8-16)34-12-17-11-23(9-10-33-23)21(35-17)29-13-25-18-19(29)27-22(24)28-20(18)31-3/h4-8,13,15,17,21H,9-12,14H2,1-3H3,(H,26,30)(H2,24,27,28)/t17?,21?,23-,37?/m1/s1. The number of fused-ring (bicyclic) bond motifs is 1. The lowest BCUT2D eigenvalue weighted by molar-refractivity contribution is -0.199. The van der Waals surface area contributed by atoms with Gasteiger partial charge in [0.1, 0.15) is 18.1 Å². The molecule has 14 heteroatoms. The molecule has 1 aromatic carbocycles. The Balaban J connectivity index is 1.33. The molecule has 4 atom stereocenters. The third-order valence-electron chi connectivity index (χ3n) is 6.19. The van der Waals surface area contributed by atoms with Crippen molar-refractivity contribution in [3.05, 3.63) is 36.7 Å². The van der Waals surface area contributed by atoms with Crippen molar-refractivity contribution in [1.82, 2.24) is 24.6 Å². The zero-order valence-corrected chi connectivity index (χ0v) is 21.8. The number of anilines is 1. The number of ether oxygens (including phenoxy) is 4. The van der Waals surface area contributed by atoms with Gasteiger partial charge in [0, 0.05) is 12.8 Å². The minimum Gasteiger partial charge on any atom is -0.479 e. The second kappa shape index (κ2) is 10.5. The van der Waals surface area contributed by atoms with E-state index in [0.717, 1.165) is 6.42 Å². The van der Waals surface area contributed by atoms with E-state index in [4.69, 9.17) is 33.7 Å². The molecule has 5 rings (SSSR count). The lowest BCUT2D eigenvalue weighted by Gasteiger charge is -2.42. The molecule has 3 N–H and O–H groups in total. The third-order valence-corrected chi connectivity index (χ3v) is 7.64. The van der Waals surface area contributed by atoms with Gasteiger partial charge in [0.25, 0.3) is 0 Å². The van der Waals surface area contributed by atoms with Crippen molar-refractivity contribution in [2.75, 3.05) is 32.8 Å². The van der Waals surface area contributed by atoms with Gasteiger partial charge in [-0.1, -0.05) is 18.2 Å². The van der Waals surface area contributed by atoms with Crippen LogP contribution in [0, 0.1) is 0 Å². The number of nitrogens with one attached hydrogen (secondary N) is 1. The summed E-state index contributed by atoms with van der Waals surface area (Å²) in [7, 11) is -2.29. The van der Waals surface area contributed by atoms with Crippen LogP contribution in [0.2, 0.25) is 0 Å². The van der Waals surface area contributed by atoms with Crippen molar-refractivity contribution >= 4 is 24.9 Å². The van der Waals surface area contributed by atoms with Crippen LogP contribution in [-0.2, 0) is 23.3 Å². The highest BCUT2D eigenvalue weighted by Crippen LogP contribution is 2.51. The molecule has 37 heavy (non-hydrogen) atoms. The highest BCUT2D eigenvalue weighted by molar-refractivity contribution is 7.52. The molecule has 13 nitrogen and oxygen atoms in total. The fourth-order valence-corrected chi connectivity index (χ4v) is 5.59. The predicted molar refractivity (Wildman–Crippen MR) is 133 cm³/mol. The highest BCUT2D eigenvalue weighted by Gasteiger charge is 2.55. The van der Waals surface area contributed by atoms with Crippen molar-refractivity contribution in [1.29, 1.82) is 0 Å². The van der Waals surface area contributed by atoms with Gasteiger partial charge in [-0.3, -0.25) is 9.09 Å². The van der Waals surface area contributed by atoms with Crippen molar-refractivity contribution in [3.63, 3.8) is 0 Å². The van der Waals surface area contributed by atoms with Gasteiger partial charge in [-0.05, 0) is 26.0 Å². The van der Waals surface area contributed by atoms with E-state index >= 15 is 0 Å². The molecule has 0 aliphatic carbocycles. The monoisotopic (exact) mass is 534 g/mol. The van der Waals surface area contributed by atoms with Crippen LogP contribution in [0.1, 0.15) is 32.9 Å². The van der Waals surface area contributed by atoms with Crippen LogP contribution >= 0.6 is 7.75 Å². The Morgan fingerprint density at radius 2 is 2.08 bits per heavy atom. The average molecular weight is 535 g/mol. The normalized spacial score (nSPS) is 24.9. The Morgan fingerprint density at radius 3 is 2.76 bits per heavy atom. The van der Waals surface area contributed by atoms with E-state index in [1.807, 2.05) is 19.9 Å². The van der Waals surface area contributed by atoms with E-state index in [0.29, 0.717) is 29.9 Å². The molecule has 3 aromatic rings. The lowest BCUT2D eigenvalue weighted by atomic mass is 9.89. The highest BCUT2D eigenvalue weighted by atomic mass is 31.2. The minimum absolute atomic E-state index is 0.00647. The van der Waals surface area contributed by atoms with Gasteiger partial charge < -0.3 is 29.2 Å². The van der Waals surface area contributed by atoms with Gasteiger partial charge in [0.2, 0.25) is 11.8 Å². The van der Waals surface area contributed by atoms with Crippen molar-refractivity contribution < 1.29 is 32.6 Å². The van der Waals surface area contributed by atoms with Gasteiger partial charge in [-0.25, -0.2) is 9.55 Å². The number of aromatic nitrogens is 4. The maximum Gasteiger partial charge on any atom is 0.460 e. The number of rotatable bonds is 11. The molecule has 0 amide bonds. The van der Waals surface area contributed by atoms with Gasteiger partial charge in [-0.15, -0.1) is 0 Å². The first kappa shape index (κ1) is 25.8. The number of nitrogens with zero attached hydrogens (tertiary/aromatic N) is 4. The maximum atomic E-state index is 13.6. The summed E-state index contributed by atoms with van der Waals surface area (Å²) < 4.78 is 50.1. The van der Waals surface area contributed by atoms with E-state index in [9.17, 15) is 4.57 Å². The Bertz CT molecular complexity index is 1270. The number of hydrogen-bond acceptors (Lipinski definition) is 11. The van der Waals surface area contributed by atoms with Gasteiger partial charge >= 0.3 is 7.75 Å². The molecule has 200 valence electrons. The molecule has 0 saturated carbocycles. The van der Waals surface area contributed by atoms with Gasteiger partial charge in [-0.2, -0.15) is 15.1 Å². The summed E-state index contributed by atoms with van der Waals surface area (Å²) >= 11 is 0. The van der Waals surface area contributed by atoms with Gasteiger partial charge in [0.05, 0.1) is 38.9 Å². The maximum absolute atomic E-state index is 13.6. The molecule has 3 unspecified atom stereocenters. The number of para-hydroxylation sites is 1. The summed E-state index contributed by atoms with van der Waals surface area (Å²) in [5.74, 6) is 0.737. The first-order valence-corrected chi connectivity index (χ1v) is 13.5. The Labute approximate surface area is 214 Å². The molecule has 2 aromatic heterocycles. The van der Waals surface area contributed by atoms with E-state index in [2.05, 4.69) is 20.0 Å². The third kappa shape index (κ3) is 5.42. The first-order chi connectivity index (χ1) is 17.8. The fraction of sp³-hybridized carbons (Fsp3) is 0.522. The van der Waals surface area contributed by atoms with Crippen LogP contribution in [0.4, 0.5) is 5.95 Å². The number of methoxy groups -OCH3 is 1. The van der Waals surface area contributed by atoms with Crippen LogP contribution < -0.4 is 20.1 Å². The molecule has 2 saturated heterocycles. The molecular weight excluding hydrogens is 503 g/mol.